The molecule has 1 aromatic heterocycles. The van der Waals surface area contributed by atoms with E-state index in [2.05, 4.69) is 10.3 Å². The summed E-state index contributed by atoms with van der Waals surface area (Å²) in [6.45, 7) is 7.89. The van der Waals surface area contributed by atoms with Crippen molar-refractivity contribution in [3.05, 3.63) is 30.1 Å². The average molecular weight is 266 g/mol. The molecule has 1 heterocycles. The first-order chi connectivity index (χ1) is 9.17. The fourth-order valence-corrected chi connectivity index (χ4v) is 1.26. The van der Waals surface area contributed by atoms with E-state index < -0.39 is 0 Å². The van der Waals surface area contributed by atoms with Gasteiger partial charge in [-0.3, -0.25) is 0 Å². The van der Waals surface area contributed by atoms with Crippen LogP contribution in [0.25, 0.3) is 0 Å². The minimum absolute atomic E-state index is 0.360. The van der Waals surface area contributed by atoms with Crippen LogP contribution in [-0.4, -0.2) is 24.7 Å². The lowest BCUT2D eigenvalue weighted by Gasteiger charge is -2.09. The molecule has 0 radical (unpaired) electrons. The van der Waals surface area contributed by atoms with Gasteiger partial charge < -0.3 is 14.8 Å². The number of esters is 1. The van der Waals surface area contributed by atoms with Crippen molar-refractivity contribution in [1.29, 1.82) is 0 Å². The highest BCUT2D eigenvalue weighted by Gasteiger charge is 2.04. The molecule has 0 spiro atoms. The largest absolute Gasteiger partial charge is 0.480 e. The number of rotatable bonds is 5. The van der Waals surface area contributed by atoms with Gasteiger partial charge in [-0.25, -0.2) is 9.78 Å². The maximum atomic E-state index is 11.2. The van der Waals surface area contributed by atoms with Gasteiger partial charge in [0.25, 0.3) is 0 Å². The summed E-state index contributed by atoms with van der Waals surface area (Å²) in [6, 6.07) is 3.59. The normalized spacial score (nSPS) is 10.1. The summed E-state index contributed by atoms with van der Waals surface area (Å²) in [5.41, 5.74) is 1.36. The third-order valence-corrected chi connectivity index (χ3v) is 1.92. The lowest BCUT2D eigenvalue weighted by molar-refractivity contribution is -0.137. The second kappa shape index (κ2) is 9.94. The van der Waals surface area contributed by atoms with Gasteiger partial charge >= 0.3 is 5.97 Å². The summed E-state index contributed by atoms with van der Waals surface area (Å²) in [6.07, 6.45) is 3.02. The minimum atomic E-state index is -0.375. The van der Waals surface area contributed by atoms with Gasteiger partial charge in [0.1, 0.15) is 5.69 Å². The smallest absolute Gasteiger partial charge is 0.332 e. The van der Waals surface area contributed by atoms with Crippen molar-refractivity contribution in [2.24, 2.45) is 0 Å². The van der Waals surface area contributed by atoms with Crippen LogP contribution in [0.2, 0.25) is 0 Å². The summed E-state index contributed by atoms with van der Waals surface area (Å²) in [5, 5.41) is 3.02. The average Bonchev–Trinajstić information content (AvgIpc) is 2.41. The molecule has 1 rings (SSSR count). The zero-order valence-electron chi connectivity index (χ0n) is 12.2. The van der Waals surface area contributed by atoms with E-state index in [1.807, 2.05) is 19.9 Å². The number of methoxy groups -OCH3 is 1. The van der Waals surface area contributed by atoms with Crippen molar-refractivity contribution in [3.63, 3.8) is 0 Å². The van der Waals surface area contributed by atoms with Gasteiger partial charge in [0.15, 0.2) is 0 Å². The Morgan fingerprint density at radius 2 is 2.16 bits per heavy atom. The molecule has 19 heavy (non-hydrogen) atoms. The van der Waals surface area contributed by atoms with Crippen LogP contribution in [0.15, 0.2) is 30.1 Å². The Kier molecular flexibility index (Phi) is 8.87. The van der Waals surface area contributed by atoms with Crippen molar-refractivity contribution in [2.75, 3.05) is 19.0 Å². The molecule has 0 bridgehead atoms. The number of ether oxygens (including phenoxy) is 2. The summed E-state index contributed by atoms with van der Waals surface area (Å²) >= 11 is 0. The number of nitrogens with zero attached hydrogens (tertiary/aromatic N) is 1. The predicted octanol–water partition coefficient (Wildman–Crippen LogP) is 3.00. The summed E-state index contributed by atoms with van der Waals surface area (Å²) in [4.78, 5) is 15.3. The molecule has 0 unspecified atom stereocenters. The van der Waals surface area contributed by atoms with Crippen molar-refractivity contribution >= 4 is 11.7 Å². The highest BCUT2D eigenvalue weighted by atomic mass is 16.5. The molecule has 0 aliphatic carbocycles. The molecule has 0 aliphatic heterocycles. The van der Waals surface area contributed by atoms with E-state index >= 15 is 0 Å². The number of aromatic nitrogens is 1. The molecule has 0 aliphatic rings. The molecule has 0 saturated carbocycles. The lowest BCUT2D eigenvalue weighted by Crippen LogP contribution is -2.05. The highest BCUT2D eigenvalue weighted by molar-refractivity contribution is 5.83. The number of carbonyl (C=O) groups is 1. The Morgan fingerprint density at radius 3 is 2.74 bits per heavy atom. The second-order valence-corrected chi connectivity index (χ2v) is 3.26. The number of anilines is 1. The van der Waals surface area contributed by atoms with E-state index in [1.165, 1.54) is 13.2 Å². The molecule has 5 nitrogen and oxygen atoms in total. The Morgan fingerprint density at radius 1 is 1.47 bits per heavy atom. The first-order valence-corrected chi connectivity index (χ1v) is 6.28. The van der Waals surface area contributed by atoms with E-state index in [1.54, 1.807) is 26.1 Å². The molecule has 0 amide bonds. The van der Waals surface area contributed by atoms with Gasteiger partial charge in [-0.1, -0.05) is 13.8 Å². The number of pyridine rings is 1. The van der Waals surface area contributed by atoms with Crippen molar-refractivity contribution in [2.45, 2.75) is 27.7 Å². The molecule has 0 aromatic carbocycles. The SMILES string of the molecule is CC.CCOC(=O)/C=C(/C)Nc1cccnc1OC. The Balaban J connectivity index is 0.00000154. The number of allylic oxidation sites excluding steroid dienone is 1. The van der Waals surface area contributed by atoms with Crippen LogP contribution in [-0.2, 0) is 9.53 Å². The van der Waals surface area contributed by atoms with Crippen molar-refractivity contribution < 1.29 is 14.3 Å². The van der Waals surface area contributed by atoms with Crippen LogP contribution >= 0.6 is 0 Å². The standard InChI is InChI=1S/C12H16N2O3.C2H6/c1-4-17-11(15)8-9(2)14-10-6-5-7-13-12(10)16-3;1-2/h5-8,14H,4H2,1-3H3;1-2H3/b9-8-;. The first kappa shape index (κ1) is 17.0. The number of hydrogen-bond acceptors (Lipinski definition) is 5. The van der Waals surface area contributed by atoms with E-state index in [-0.39, 0.29) is 5.97 Å². The summed E-state index contributed by atoms with van der Waals surface area (Å²) in [5.74, 6) is 0.101. The fourth-order valence-electron chi connectivity index (χ4n) is 1.26. The van der Waals surface area contributed by atoms with Crippen molar-refractivity contribution in [3.8, 4) is 5.88 Å². The third kappa shape index (κ3) is 6.45. The molecule has 0 atom stereocenters. The Hall–Kier alpha value is -2.04. The zero-order chi connectivity index (χ0) is 14.7. The summed E-state index contributed by atoms with van der Waals surface area (Å²) < 4.78 is 9.89. The topological polar surface area (TPSA) is 60.5 Å². The molecular formula is C14H22N2O3. The van der Waals surface area contributed by atoms with Crippen LogP contribution in [0.4, 0.5) is 5.69 Å². The molecule has 106 valence electrons. The quantitative estimate of drug-likeness (QED) is 0.655. The predicted molar refractivity (Wildman–Crippen MR) is 76.1 cm³/mol. The van der Waals surface area contributed by atoms with Crippen LogP contribution < -0.4 is 10.1 Å². The Labute approximate surface area is 114 Å². The van der Waals surface area contributed by atoms with Gasteiger partial charge in [0, 0.05) is 18.0 Å². The van der Waals surface area contributed by atoms with E-state index in [4.69, 9.17) is 9.47 Å². The van der Waals surface area contributed by atoms with Crippen molar-refractivity contribution in [1.82, 2.24) is 4.98 Å². The van der Waals surface area contributed by atoms with Gasteiger partial charge in [0.05, 0.1) is 13.7 Å². The van der Waals surface area contributed by atoms with Gasteiger partial charge in [-0.15, -0.1) is 0 Å². The highest BCUT2D eigenvalue weighted by Crippen LogP contribution is 2.21. The minimum Gasteiger partial charge on any atom is -0.480 e. The number of carbonyl (C=O) groups excluding carboxylic acids is 1. The molecule has 0 saturated heterocycles. The first-order valence-electron chi connectivity index (χ1n) is 6.28. The fraction of sp³-hybridized carbons (Fsp3) is 0.429. The van der Waals surface area contributed by atoms with E-state index in [0.29, 0.717) is 23.9 Å². The molecule has 0 fully saturated rings. The van der Waals surface area contributed by atoms with Gasteiger partial charge in [-0.05, 0) is 26.0 Å². The van der Waals surface area contributed by atoms with E-state index in [0.717, 1.165) is 0 Å². The molecule has 5 heteroatoms. The molecule has 1 N–H and O–H groups in total. The third-order valence-electron chi connectivity index (χ3n) is 1.92. The maximum absolute atomic E-state index is 11.2. The van der Waals surface area contributed by atoms with Crippen LogP contribution in [0.3, 0.4) is 0 Å². The lowest BCUT2D eigenvalue weighted by atomic mass is 10.3. The van der Waals surface area contributed by atoms with E-state index in [9.17, 15) is 4.79 Å². The van der Waals surface area contributed by atoms with Gasteiger partial charge in [0.2, 0.25) is 5.88 Å². The molecule has 1 aromatic rings. The van der Waals surface area contributed by atoms with Crippen LogP contribution in [0.5, 0.6) is 5.88 Å². The van der Waals surface area contributed by atoms with Crippen LogP contribution in [0, 0.1) is 0 Å². The molecular weight excluding hydrogens is 244 g/mol. The summed E-state index contributed by atoms with van der Waals surface area (Å²) in [7, 11) is 1.54. The second-order valence-electron chi connectivity index (χ2n) is 3.26. The van der Waals surface area contributed by atoms with Gasteiger partial charge in [-0.2, -0.15) is 0 Å². The number of nitrogens with one attached hydrogen (secondary N) is 1. The maximum Gasteiger partial charge on any atom is 0.332 e. The Bertz CT molecular complexity index is 417. The zero-order valence-corrected chi connectivity index (χ0v) is 12.2. The number of hydrogen-bond donors (Lipinski definition) is 1. The van der Waals surface area contributed by atoms with Crippen LogP contribution in [0.1, 0.15) is 27.7 Å². The monoisotopic (exact) mass is 266 g/mol.